The predicted octanol–water partition coefficient (Wildman–Crippen LogP) is 2.57. The Hall–Kier alpha value is -1.71. The van der Waals surface area contributed by atoms with Crippen molar-refractivity contribution in [3.05, 3.63) is 23.8 Å². The summed E-state index contributed by atoms with van der Waals surface area (Å²) in [4.78, 5) is 13.7. The summed E-state index contributed by atoms with van der Waals surface area (Å²) in [5, 5.41) is 3.47. The van der Waals surface area contributed by atoms with Crippen LogP contribution in [0.2, 0.25) is 0 Å². The molecule has 4 heteroatoms. The summed E-state index contributed by atoms with van der Waals surface area (Å²) >= 11 is 0. The number of carbonyl (C=O) groups excluding carboxylic acids is 1. The monoisotopic (exact) mass is 261 g/mol. The molecule has 0 spiro atoms. The van der Waals surface area contributed by atoms with E-state index in [9.17, 15) is 4.79 Å². The normalized spacial score (nSPS) is 21.0. The number of amides is 1. The Morgan fingerprint density at radius 3 is 2.84 bits per heavy atom. The van der Waals surface area contributed by atoms with Crippen molar-refractivity contribution in [3.63, 3.8) is 0 Å². The minimum absolute atomic E-state index is 0.00944. The molecule has 0 aromatic heterocycles. The molecule has 3 N–H and O–H groups in total. The quantitative estimate of drug-likeness (QED) is 0.801. The number of hydrogen-bond acceptors (Lipinski definition) is 3. The molecule has 0 radical (unpaired) electrons. The van der Waals surface area contributed by atoms with Gasteiger partial charge in [-0.05, 0) is 37.0 Å². The standard InChI is InChI=1S/C15H23N3O/c1-4-5-10-8-13(10)17-14-9-11(16)6-7-12(14)15(19)18(2)3/h6-7,9-10,13,17H,4-5,8,16H2,1-3H3. The third-order valence-electron chi connectivity index (χ3n) is 3.60. The van der Waals surface area contributed by atoms with Crippen molar-refractivity contribution >= 4 is 17.3 Å². The van der Waals surface area contributed by atoms with Crippen LogP contribution in [-0.4, -0.2) is 30.9 Å². The summed E-state index contributed by atoms with van der Waals surface area (Å²) < 4.78 is 0. The number of nitrogens with two attached hydrogens (primary N) is 1. The highest BCUT2D eigenvalue weighted by molar-refractivity contribution is 6.00. The van der Waals surface area contributed by atoms with E-state index in [0.29, 0.717) is 17.3 Å². The molecule has 19 heavy (non-hydrogen) atoms. The van der Waals surface area contributed by atoms with Crippen LogP contribution in [0.5, 0.6) is 0 Å². The van der Waals surface area contributed by atoms with Crippen molar-refractivity contribution in [1.29, 1.82) is 0 Å². The lowest BCUT2D eigenvalue weighted by Crippen LogP contribution is -2.23. The second-order valence-corrected chi connectivity index (χ2v) is 5.54. The summed E-state index contributed by atoms with van der Waals surface area (Å²) in [6, 6.07) is 5.93. The summed E-state index contributed by atoms with van der Waals surface area (Å²) in [5.74, 6) is 0.754. The van der Waals surface area contributed by atoms with Crippen molar-refractivity contribution in [2.24, 2.45) is 5.92 Å². The fourth-order valence-corrected chi connectivity index (χ4v) is 2.42. The number of nitrogens with zero attached hydrogens (tertiary/aromatic N) is 1. The summed E-state index contributed by atoms with van der Waals surface area (Å²) in [7, 11) is 3.53. The Balaban J connectivity index is 2.14. The van der Waals surface area contributed by atoms with Gasteiger partial charge >= 0.3 is 0 Å². The van der Waals surface area contributed by atoms with E-state index in [1.807, 2.05) is 6.07 Å². The average molecular weight is 261 g/mol. The molecule has 2 rings (SSSR count). The Kier molecular flexibility index (Phi) is 3.98. The van der Waals surface area contributed by atoms with Gasteiger partial charge in [-0.3, -0.25) is 4.79 Å². The first-order chi connectivity index (χ1) is 9.02. The zero-order valence-electron chi connectivity index (χ0n) is 11.9. The Morgan fingerprint density at radius 2 is 2.21 bits per heavy atom. The molecule has 1 aromatic carbocycles. The van der Waals surface area contributed by atoms with Crippen LogP contribution < -0.4 is 11.1 Å². The van der Waals surface area contributed by atoms with Gasteiger partial charge < -0.3 is 16.0 Å². The van der Waals surface area contributed by atoms with Crippen molar-refractivity contribution < 1.29 is 4.79 Å². The van der Waals surface area contributed by atoms with Gasteiger partial charge in [0.1, 0.15) is 0 Å². The first-order valence-electron chi connectivity index (χ1n) is 6.90. The maximum atomic E-state index is 12.1. The molecule has 1 aliphatic carbocycles. The molecule has 1 fully saturated rings. The molecular formula is C15H23N3O. The van der Waals surface area contributed by atoms with Crippen LogP contribution in [0.1, 0.15) is 36.5 Å². The Labute approximate surface area is 115 Å². The number of hydrogen-bond donors (Lipinski definition) is 2. The molecule has 1 amide bonds. The zero-order valence-corrected chi connectivity index (χ0v) is 11.9. The highest BCUT2D eigenvalue weighted by Crippen LogP contribution is 2.38. The molecule has 0 bridgehead atoms. The molecule has 0 saturated heterocycles. The maximum Gasteiger partial charge on any atom is 0.255 e. The zero-order chi connectivity index (χ0) is 14.0. The van der Waals surface area contributed by atoms with Crippen LogP contribution in [0.3, 0.4) is 0 Å². The molecule has 0 heterocycles. The van der Waals surface area contributed by atoms with Crippen LogP contribution in [0, 0.1) is 5.92 Å². The third kappa shape index (κ3) is 3.19. The van der Waals surface area contributed by atoms with Crippen molar-refractivity contribution in [2.45, 2.75) is 32.2 Å². The van der Waals surface area contributed by atoms with E-state index in [0.717, 1.165) is 11.6 Å². The van der Waals surface area contributed by atoms with Crippen molar-refractivity contribution in [2.75, 3.05) is 25.1 Å². The molecular weight excluding hydrogens is 238 g/mol. The van der Waals surface area contributed by atoms with Gasteiger partial charge in [0, 0.05) is 31.5 Å². The highest BCUT2D eigenvalue weighted by Gasteiger charge is 2.36. The second kappa shape index (κ2) is 5.51. The van der Waals surface area contributed by atoms with E-state index in [2.05, 4.69) is 12.2 Å². The third-order valence-corrected chi connectivity index (χ3v) is 3.60. The lowest BCUT2D eigenvalue weighted by Gasteiger charge is -2.16. The largest absolute Gasteiger partial charge is 0.399 e. The smallest absolute Gasteiger partial charge is 0.255 e. The lowest BCUT2D eigenvalue weighted by atomic mass is 10.1. The van der Waals surface area contributed by atoms with Gasteiger partial charge in [-0.1, -0.05) is 13.3 Å². The summed E-state index contributed by atoms with van der Waals surface area (Å²) in [6.07, 6.45) is 3.65. The van der Waals surface area contributed by atoms with E-state index in [1.54, 1.807) is 31.1 Å². The van der Waals surface area contributed by atoms with E-state index < -0.39 is 0 Å². The van der Waals surface area contributed by atoms with Crippen molar-refractivity contribution in [1.82, 2.24) is 4.90 Å². The molecule has 1 aromatic rings. The van der Waals surface area contributed by atoms with E-state index in [1.165, 1.54) is 19.3 Å². The highest BCUT2D eigenvalue weighted by atomic mass is 16.2. The van der Waals surface area contributed by atoms with Gasteiger partial charge in [0.2, 0.25) is 0 Å². The van der Waals surface area contributed by atoms with Gasteiger partial charge in [-0.2, -0.15) is 0 Å². The average Bonchev–Trinajstić information content (AvgIpc) is 3.07. The summed E-state index contributed by atoms with van der Waals surface area (Å²) in [5.41, 5.74) is 8.07. The van der Waals surface area contributed by atoms with Gasteiger partial charge in [-0.25, -0.2) is 0 Å². The van der Waals surface area contributed by atoms with Crippen LogP contribution in [-0.2, 0) is 0 Å². The Bertz CT molecular complexity index is 470. The molecule has 2 atom stereocenters. The van der Waals surface area contributed by atoms with Crippen molar-refractivity contribution in [3.8, 4) is 0 Å². The van der Waals surface area contributed by atoms with Crippen LogP contribution in [0.25, 0.3) is 0 Å². The van der Waals surface area contributed by atoms with Crippen LogP contribution in [0.15, 0.2) is 18.2 Å². The fourth-order valence-electron chi connectivity index (χ4n) is 2.42. The first kappa shape index (κ1) is 13.7. The Morgan fingerprint density at radius 1 is 1.47 bits per heavy atom. The van der Waals surface area contributed by atoms with Crippen LogP contribution >= 0.6 is 0 Å². The molecule has 4 nitrogen and oxygen atoms in total. The number of nitrogen functional groups attached to an aromatic ring is 1. The molecule has 2 unspecified atom stereocenters. The van der Waals surface area contributed by atoms with E-state index >= 15 is 0 Å². The van der Waals surface area contributed by atoms with Gasteiger partial charge in [0.15, 0.2) is 0 Å². The maximum absolute atomic E-state index is 12.1. The fraction of sp³-hybridized carbons (Fsp3) is 0.533. The number of rotatable bonds is 5. The first-order valence-corrected chi connectivity index (χ1v) is 6.90. The topological polar surface area (TPSA) is 58.4 Å². The number of nitrogens with one attached hydrogen (secondary N) is 1. The van der Waals surface area contributed by atoms with Gasteiger partial charge in [0.25, 0.3) is 5.91 Å². The lowest BCUT2D eigenvalue weighted by molar-refractivity contribution is 0.0828. The minimum Gasteiger partial charge on any atom is -0.399 e. The molecule has 1 aliphatic rings. The van der Waals surface area contributed by atoms with E-state index in [4.69, 9.17) is 5.73 Å². The minimum atomic E-state index is 0.00944. The number of benzene rings is 1. The summed E-state index contributed by atoms with van der Waals surface area (Å²) in [6.45, 7) is 2.21. The molecule has 1 saturated carbocycles. The number of anilines is 2. The second-order valence-electron chi connectivity index (χ2n) is 5.54. The van der Waals surface area contributed by atoms with Gasteiger partial charge in [-0.15, -0.1) is 0 Å². The van der Waals surface area contributed by atoms with Gasteiger partial charge in [0.05, 0.1) is 5.56 Å². The predicted molar refractivity (Wildman–Crippen MR) is 79.3 cm³/mol. The SMILES string of the molecule is CCCC1CC1Nc1cc(N)ccc1C(=O)N(C)C. The molecule has 104 valence electrons. The number of carbonyl (C=O) groups is 1. The molecule has 0 aliphatic heterocycles. The van der Waals surface area contributed by atoms with E-state index in [-0.39, 0.29) is 5.91 Å². The van der Waals surface area contributed by atoms with Crippen LogP contribution in [0.4, 0.5) is 11.4 Å².